The third-order valence-electron chi connectivity index (χ3n) is 3.47. The van der Waals surface area contributed by atoms with Gasteiger partial charge in [-0.3, -0.25) is 0 Å². The van der Waals surface area contributed by atoms with Gasteiger partial charge in [-0.25, -0.2) is 8.42 Å². The molecule has 0 aliphatic carbocycles. The van der Waals surface area contributed by atoms with Crippen molar-refractivity contribution in [3.63, 3.8) is 0 Å². The highest BCUT2D eigenvalue weighted by Gasteiger charge is 2.33. The van der Waals surface area contributed by atoms with E-state index in [4.69, 9.17) is 0 Å². The molecular weight excluding hydrogens is 236 g/mol. The highest BCUT2D eigenvalue weighted by molar-refractivity contribution is 7.92. The number of sulfone groups is 1. The van der Waals surface area contributed by atoms with Crippen LogP contribution in [0.2, 0.25) is 0 Å². The molecule has 0 spiro atoms. The third kappa shape index (κ3) is 4.80. The van der Waals surface area contributed by atoms with Crippen molar-refractivity contribution in [2.24, 2.45) is 0 Å². The van der Waals surface area contributed by atoms with E-state index in [1.165, 1.54) is 0 Å². The monoisotopic (exact) mass is 260 g/mol. The molecule has 0 amide bonds. The summed E-state index contributed by atoms with van der Waals surface area (Å²) in [6.45, 7) is 3.66. The van der Waals surface area contributed by atoms with Crippen LogP contribution in [0, 0.1) is 0 Å². The van der Waals surface area contributed by atoms with Gasteiger partial charge < -0.3 is 5.11 Å². The van der Waals surface area contributed by atoms with Crippen LogP contribution >= 0.6 is 0 Å². The molecule has 2 unspecified atom stereocenters. The van der Waals surface area contributed by atoms with Gasteiger partial charge in [0.05, 0.1) is 17.1 Å². The Kier molecular flexibility index (Phi) is 6.20. The number of allylic oxidation sites excluding steroid dienone is 1. The molecule has 17 heavy (non-hydrogen) atoms. The van der Waals surface area contributed by atoms with Crippen LogP contribution in [0.25, 0.3) is 0 Å². The number of hydrogen-bond acceptors (Lipinski definition) is 3. The normalized spacial score (nSPS) is 25.4. The first kappa shape index (κ1) is 14.7. The van der Waals surface area contributed by atoms with E-state index in [-0.39, 0.29) is 5.75 Å². The largest absolute Gasteiger partial charge is 0.392 e. The molecule has 1 N–H and O–H groups in total. The average Bonchev–Trinajstić information content (AvgIpc) is 2.28. The fourth-order valence-corrected chi connectivity index (χ4v) is 4.47. The zero-order valence-corrected chi connectivity index (χ0v) is 11.3. The van der Waals surface area contributed by atoms with Crippen LogP contribution in [0.15, 0.2) is 12.7 Å². The van der Waals surface area contributed by atoms with Gasteiger partial charge in [0.1, 0.15) is 0 Å². The molecule has 1 aliphatic rings. The first-order chi connectivity index (χ1) is 8.08. The van der Waals surface area contributed by atoms with Gasteiger partial charge in [-0.1, -0.05) is 25.3 Å². The van der Waals surface area contributed by atoms with E-state index < -0.39 is 21.2 Å². The van der Waals surface area contributed by atoms with Crippen LogP contribution in [0.4, 0.5) is 0 Å². The van der Waals surface area contributed by atoms with E-state index in [0.717, 1.165) is 38.5 Å². The van der Waals surface area contributed by atoms with Gasteiger partial charge in [-0.2, -0.15) is 0 Å². The van der Waals surface area contributed by atoms with E-state index in [1.54, 1.807) is 0 Å². The molecule has 4 heteroatoms. The molecule has 0 radical (unpaired) electrons. The zero-order chi connectivity index (χ0) is 12.7. The molecule has 0 aromatic carbocycles. The van der Waals surface area contributed by atoms with Crippen LogP contribution in [-0.2, 0) is 9.84 Å². The second-order valence-corrected chi connectivity index (χ2v) is 7.23. The highest BCUT2D eigenvalue weighted by atomic mass is 32.2. The Morgan fingerprint density at radius 2 is 2.06 bits per heavy atom. The van der Waals surface area contributed by atoms with Crippen LogP contribution in [0.1, 0.15) is 51.4 Å². The molecule has 1 heterocycles. The van der Waals surface area contributed by atoms with Crippen molar-refractivity contribution < 1.29 is 13.5 Å². The molecule has 2 atom stereocenters. The Labute approximate surface area is 105 Å². The molecule has 0 bridgehead atoms. The molecular formula is C13H24O3S. The molecule has 0 aromatic heterocycles. The average molecular weight is 260 g/mol. The number of unbranched alkanes of at least 4 members (excludes halogenated alkanes) is 3. The van der Waals surface area contributed by atoms with E-state index in [0.29, 0.717) is 12.8 Å². The van der Waals surface area contributed by atoms with E-state index in [9.17, 15) is 13.5 Å². The molecule has 1 aliphatic heterocycles. The second kappa shape index (κ2) is 7.17. The number of hydrogen-bond donors (Lipinski definition) is 1. The van der Waals surface area contributed by atoms with Gasteiger partial charge in [-0.05, 0) is 32.1 Å². The summed E-state index contributed by atoms with van der Waals surface area (Å²) in [5.74, 6) is 0.255. The van der Waals surface area contributed by atoms with E-state index in [1.807, 2.05) is 6.08 Å². The van der Waals surface area contributed by atoms with E-state index in [2.05, 4.69) is 6.58 Å². The van der Waals surface area contributed by atoms with E-state index >= 15 is 0 Å². The fraction of sp³-hybridized carbons (Fsp3) is 0.846. The minimum atomic E-state index is -3.04. The first-order valence-corrected chi connectivity index (χ1v) is 8.30. The van der Waals surface area contributed by atoms with Crippen LogP contribution in [0.5, 0.6) is 0 Å². The lowest BCUT2D eigenvalue weighted by Crippen LogP contribution is -2.38. The standard InChI is InChI=1S/C13H24O3S/c1-2-3-4-5-6-9-12(14)13-10-7-8-11-17(13,15)16/h2,12-14H,1,3-11H2. The Hall–Kier alpha value is -0.350. The lowest BCUT2D eigenvalue weighted by Gasteiger charge is -2.26. The Bertz CT molecular complexity index is 322. The summed E-state index contributed by atoms with van der Waals surface area (Å²) in [5, 5.41) is 9.46. The number of aliphatic hydroxyl groups is 1. The van der Waals surface area contributed by atoms with Crippen molar-refractivity contribution in [1.82, 2.24) is 0 Å². The predicted octanol–water partition coefficient (Wildman–Crippen LogP) is 2.45. The van der Waals surface area contributed by atoms with Crippen molar-refractivity contribution >= 4 is 9.84 Å². The second-order valence-electron chi connectivity index (χ2n) is 4.90. The highest BCUT2D eigenvalue weighted by Crippen LogP contribution is 2.24. The van der Waals surface area contributed by atoms with Gasteiger partial charge >= 0.3 is 0 Å². The maximum atomic E-state index is 11.8. The zero-order valence-electron chi connectivity index (χ0n) is 10.5. The van der Waals surface area contributed by atoms with Crippen molar-refractivity contribution in [2.45, 2.75) is 62.7 Å². The molecule has 3 nitrogen and oxygen atoms in total. The van der Waals surface area contributed by atoms with Crippen molar-refractivity contribution in [2.75, 3.05) is 5.75 Å². The van der Waals surface area contributed by atoms with Crippen LogP contribution < -0.4 is 0 Å². The minimum absolute atomic E-state index is 0.255. The van der Waals surface area contributed by atoms with Gasteiger partial charge in [-0.15, -0.1) is 6.58 Å². The molecule has 1 fully saturated rings. The lowest BCUT2D eigenvalue weighted by atomic mass is 10.0. The van der Waals surface area contributed by atoms with Crippen molar-refractivity contribution in [3.8, 4) is 0 Å². The first-order valence-electron chi connectivity index (χ1n) is 6.58. The van der Waals surface area contributed by atoms with Gasteiger partial charge in [0, 0.05) is 0 Å². The molecule has 100 valence electrons. The summed E-state index contributed by atoms with van der Waals surface area (Å²) in [5.41, 5.74) is 0. The SMILES string of the molecule is C=CCCCCCC(O)C1CCCCS1(=O)=O. The molecule has 0 saturated carbocycles. The minimum Gasteiger partial charge on any atom is -0.392 e. The summed E-state index contributed by atoms with van der Waals surface area (Å²) in [4.78, 5) is 0. The Morgan fingerprint density at radius 1 is 1.29 bits per heavy atom. The van der Waals surface area contributed by atoms with Gasteiger partial charge in [0.2, 0.25) is 0 Å². The van der Waals surface area contributed by atoms with Crippen molar-refractivity contribution in [1.29, 1.82) is 0 Å². The molecule has 1 saturated heterocycles. The maximum Gasteiger partial charge on any atom is 0.155 e. The summed E-state index contributed by atoms with van der Waals surface area (Å²) >= 11 is 0. The van der Waals surface area contributed by atoms with Crippen molar-refractivity contribution in [3.05, 3.63) is 12.7 Å². The lowest BCUT2D eigenvalue weighted by molar-refractivity contribution is 0.148. The maximum absolute atomic E-state index is 11.8. The van der Waals surface area contributed by atoms with Crippen LogP contribution in [-0.4, -0.2) is 30.6 Å². The fourth-order valence-electron chi connectivity index (χ4n) is 2.42. The summed E-state index contributed by atoms with van der Waals surface area (Å²) in [6, 6.07) is 0. The van der Waals surface area contributed by atoms with Gasteiger partial charge in [0.25, 0.3) is 0 Å². The summed E-state index contributed by atoms with van der Waals surface area (Å²) in [7, 11) is -3.04. The number of aliphatic hydroxyl groups excluding tert-OH is 1. The predicted molar refractivity (Wildman–Crippen MR) is 70.7 cm³/mol. The Morgan fingerprint density at radius 3 is 2.71 bits per heavy atom. The van der Waals surface area contributed by atoms with Gasteiger partial charge in [0.15, 0.2) is 9.84 Å². The quantitative estimate of drug-likeness (QED) is 0.565. The summed E-state index contributed by atoms with van der Waals surface area (Å²) < 4.78 is 23.6. The molecule has 1 rings (SSSR count). The summed E-state index contributed by atoms with van der Waals surface area (Å²) in [6.07, 6.45) is 8.17. The Balaban J connectivity index is 2.31. The topological polar surface area (TPSA) is 54.4 Å². The smallest absolute Gasteiger partial charge is 0.155 e. The molecule has 0 aromatic rings. The number of rotatable bonds is 7. The van der Waals surface area contributed by atoms with Crippen LogP contribution in [0.3, 0.4) is 0 Å². The third-order valence-corrected chi connectivity index (χ3v) is 5.80.